The molecule has 0 N–H and O–H groups in total. The number of hydrogen-bond acceptors (Lipinski definition) is 0. The van der Waals surface area contributed by atoms with Crippen molar-refractivity contribution in [2.45, 2.75) is 344 Å². The van der Waals surface area contributed by atoms with Crippen LogP contribution in [0, 0.1) is 23.7 Å². The maximum Gasteiger partial charge on any atom is 0.0146 e. The molecule has 0 heterocycles. The van der Waals surface area contributed by atoms with Gasteiger partial charge in [0.25, 0.3) is 0 Å². The van der Waals surface area contributed by atoms with Gasteiger partial charge < -0.3 is 0 Å². The van der Waals surface area contributed by atoms with E-state index in [1.807, 2.05) is 0 Å². The summed E-state index contributed by atoms with van der Waals surface area (Å²) in [7, 11) is 2.77. The summed E-state index contributed by atoms with van der Waals surface area (Å²) in [4.78, 5) is 0. The maximum atomic E-state index is 2.77. The van der Waals surface area contributed by atoms with Gasteiger partial charge in [-0.1, -0.05) is 443 Å². The molecule has 12 aromatic carbocycles. The van der Waals surface area contributed by atoms with Crippen LogP contribution in [0.1, 0.15) is 347 Å². The van der Waals surface area contributed by atoms with E-state index in [4.69, 9.17) is 0 Å². The summed E-state index contributed by atoms with van der Waals surface area (Å²) in [5.74, 6) is 4.35. The molecular formula is C126H169P. The molecule has 7 atom stereocenters. The first kappa shape index (κ1) is 104. The molecule has 1 heteroatoms. The summed E-state index contributed by atoms with van der Waals surface area (Å²) in [6, 6.07) is 89.4. The molecule has 678 valence electrons. The average Bonchev–Trinajstić information content (AvgIpc) is 0.758. The maximum absolute atomic E-state index is 2.77. The van der Waals surface area contributed by atoms with Crippen molar-refractivity contribution in [1.82, 2.24) is 0 Å². The van der Waals surface area contributed by atoms with E-state index < -0.39 is 0 Å². The molecule has 1 aliphatic rings. The predicted molar refractivity (Wildman–Crippen MR) is 570 cm³/mol. The normalized spacial score (nSPS) is 15.6. The SMILES string of the molecule is CC[C@@H]1C(c2ccccc2)C(C)C(C)C(c2ccccc2)[C@@H]1CC.CCc1cc(-c2cc(CC)c(CC)cc2C(C)(C)C)c(C(C)(C)C)cc1CC.CCc1ccc(-c2ccc(CC)c(CC)c2)cc1CC.CCc1ccc(C(C)(C)c2ccc3ccccc3c2)cc1CC.CCc1ccc(CP)cc1CC.CCc1cccc(-c2cccc(CC)c2CC)c1CC. The van der Waals surface area contributed by atoms with E-state index in [2.05, 4.69) is 440 Å². The van der Waals surface area contributed by atoms with Gasteiger partial charge in [0, 0.05) is 5.41 Å². The lowest BCUT2D eigenvalue weighted by atomic mass is 9.54. The molecule has 0 bridgehead atoms. The van der Waals surface area contributed by atoms with Gasteiger partial charge in [-0.25, -0.2) is 0 Å². The smallest absolute Gasteiger partial charge is 0.0146 e. The van der Waals surface area contributed by atoms with Crippen LogP contribution in [0.2, 0.25) is 0 Å². The molecule has 1 aliphatic carbocycles. The Morgan fingerprint density at radius 1 is 0.244 bits per heavy atom. The first-order valence-electron chi connectivity index (χ1n) is 50.3. The van der Waals surface area contributed by atoms with Crippen LogP contribution < -0.4 is 0 Å². The summed E-state index contributed by atoms with van der Waals surface area (Å²) < 4.78 is 0. The predicted octanol–water partition coefficient (Wildman–Crippen LogP) is 35.8. The zero-order chi connectivity index (χ0) is 92.9. The Morgan fingerprint density at radius 2 is 0.559 bits per heavy atom. The van der Waals surface area contributed by atoms with E-state index in [0.29, 0.717) is 23.7 Å². The Morgan fingerprint density at radius 3 is 0.913 bits per heavy atom. The van der Waals surface area contributed by atoms with E-state index in [1.54, 1.807) is 11.1 Å². The minimum absolute atomic E-state index is 0.0141. The third-order valence-electron chi connectivity index (χ3n) is 28.9. The zero-order valence-electron chi connectivity index (χ0n) is 85.0. The summed E-state index contributed by atoms with van der Waals surface area (Å²) in [6.07, 6.45) is 21.5. The van der Waals surface area contributed by atoms with Crippen molar-refractivity contribution in [2.75, 3.05) is 0 Å². The van der Waals surface area contributed by atoms with E-state index in [-0.39, 0.29) is 16.2 Å². The Bertz CT molecular complexity index is 5140. The first-order valence-corrected chi connectivity index (χ1v) is 51.1. The minimum atomic E-state index is 0.0141. The highest BCUT2D eigenvalue weighted by molar-refractivity contribution is 7.15. The Balaban J connectivity index is 0.000000191. The summed E-state index contributed by atoms with van der Waals surface area (Å²) in [5, 5.41) is 2.63. The van der Waals surface area contributed by atoms with Gasteiger partial charge in [0.2, 0.25) is 0 Å². The molecule has 127 heavy (non-hydrogen) atoms. The first-order chi connectivity index (χ1) is 61.0. The highest BCUT2D eigenvalue weighted by Gasteiger charge is 2.46. The van der Waals surface area contributed by atoms with Gasteiger partial charge in [-0.2, -0.15) is 0 Å². The van der Waals surface area contributed by atoms with Crippen molar-refractivity contribution in [2.24, 2.45) is 23.7 Å². The summed E-state index contributed by atoms with van der Waals surface area (Å²) in [5.41, 5.74) is 43.0. The second kappa shape index (κ2) is 49.9. The van der Waals surface area contributed by atoms with Gasteiger partial charge >= 0.3 is 0 Å². The molecule has 0 amide bonds. The van der Waals surface area contributed by atoms with Crippen molar-refractivity contribution in [3.8, 4) is 33.4 Å². The van der Waals surface area contributed by atoms with Crippen molar-refractivity contribution in [3.63, 3.8) is 0 Å². The molecular weight excluding hydrogens is 1540 g/mol. The summed E-state index contributed by atoms with van der Waals surface area (Å²) >= 11 is 0. The van der Waals surface area contributed by atoms with E-state index in [1.165, 1.54) is 174 Å². The topological polar surface area (TPSA) is 0 Å². The lowest BCUT2D eigenvalue weighted by Gasteiger charge is -2.51. The fourth-order valence-corrected chi connectivity index (χ4v) is 21.3. The number of aryl methyl sites for hydroxylation is 14. The van der Waals surface area contributed by atoms with Gasteiger partial charge in [0.1, 0.15) is 0 Å². The van der Waals surface area contributed by atoms with E-state index in [0.717, 1.165) is 121 Å². The van der Waals surface area contributed by atoms with Crippen LogP contribution in [-0.2, 0) is 125 Å². The van der Waals surface area contributed by atoms with Crippen LogP contribution in [0.25, 0.3) is 44.2 Å². The molecule has 0 aromatic heterocycles. The van der Waals surface area contributed by atoms with Crippen LogP contribution >= 0.6 is 9.24 Å². The Hall–Kier alpha value is -8.67. The van der Waals surface area contributed by atoms with Crippen LogP contribution in [-0.4, -0.2) is 0 Å². The second-order valence-electron chi connectivity index (χ2n) is 38.6. The molecule has 12 aromatic rings. The van der Waals surface area contributed by atoms with Gasteiger partial charge in [0.15, 0.2) is 0 Å². The van der Waals surface area contributed by atoms with Crippen LogP contribution in [0.15, 0.2) is 237 Å². The fourth-order valence-electron chi connectivity index (χ4n) is 21.1. The average molecular weight is 1710 g/mol. The van der Waals surface area contributed by atoms with Crippen molar-refractivity contribution in [1.29, 1.82) is 0 Å². The monoisotopic (exact) mass is 1710 g/mol. The van der Waals surface area contributed by atoms with Crippen molar-refractivity contribution >= 4 is 20.0 Å². The molecule has 5 unspecified atom stereocenters. The summed E-state index contributed by atoms with van der Waals surface area (Å²) in [6.45, 7) is 64.7. The molecule has 13 rings (SSSR count). The van der Waals surface area contributed by atoms with E-state index >= 15 is 0 Å². The zero-order valence-corrected chi connectivity index (χ0v) is 86.1. The quantitative estimate of drug-likeness (QED) is 0.0474. The number of rotatable bonds is 26. The van der Waals surface area contributed by atoms with Gasteiger partial charge in [-0.05, 0) is 327 Å². The molecule has 0 radical (unpaired) electrons. The van der Waals surface area contributed by atoms with Crippen LogP contribution in [0.3, 0.4) is 0 Å². The third kappa shape index (κ3) is 25.9. The molecule has 0 nitrogen and oxygen atoms in total. The van der Waals surface area contributed by atoms with Gasteiger partial charge in [-0.3, -0.25) is 0 Å². The van der Waals surface area contributed by atoms with Crippen LogP contribution in [0.4, 0.5) is 0 Å². The van der Waals surface area contributed by atoms with Gasteiger partial charge in [-0.15, -0.1) is 9.24 Å². The van der Waals surface area contributed by atoms with Crippen molar-refractivity contribution in [3.05, 3.63) is 365 Å². The Labute approximate surface area is 779 Å². The van der Waals surface area contributed by atoms with E-state index in [9.17, 15) is 0 Å². The third-order valence-corrected chi connectivity index (χ3v) is 29.3. The lowest BCUT2D eigenvalue weighted by molar-refractivity contribution is 0.0658. The highest BCUT2D eigenvalue weighted by Crippen LogP contribution is 2.56. The standard InChI is InChI=1S/C28H42.C24H32.C23H26.2C20H26.C11H17P/c1-11-19-15-23(25(27(5,6)7)17-21(19)13-3)24-16-20(12-2)22(14-4)18-26(24)28(8,9)10;1-5-21-22(6-2)24(20-15-11-8-12-16-20)18(4)17(3)23(21)19-13-9-7-10-14-19;1-5-17-11-13-21(15-18(17)6-2)23(3,4)22-14-12-19-9-7-8-10-20(19)16-22;1-5-15-9-11-19(13-17(15)7-3)20-12-10-16(6-2)18(8-4)14-20;1-5-15-11-9-13-19(17(15)7-3)20-14-10-12-16(6-2)18(20)8-4;1-3-10-6-5-9(8-12)7-11(10)4-2/h15-18H,11-14H2,1-10H3;7-18,21-24H,5-6H2,1-4H3;7-16H,5-6H2,1-4H3;2*9-14H,5-8H2,1-4H3;5-7H,3-4,8,12H2,1-2H3/t;17?,18?,21-,22+,23?,24?;;;;. The second-order valence-corrected chi connectivity index (χ2v) is 39.0. The number of hydrogen-bond donors (Lipinski definition) is 0. The number of benzene rings is 12. The van der Waals surface area contributed by atoms with Crippen molar-refractivity contribution < 1.29 is 0 Å². The minimum Gasteiger partial charge on any atom is -0.133 e. The van der Waals surface area contributed by atoms with Gasteiger partial charge in [0.05, 0.1) is 0 Å². The molecule has 0 spiro atoms. The molecule has 0 aliphatic heterocycles. The van der Waals surface area contributed by atoms with Crippen LogP contribution in [0.5, 0.6) is 0 Å². The molecule has 1 fully saturated rings. The fraction of sp³-hybridized carbons (Fsp3) is 0.444. The largest absolute Gasteiger partial charge is 0.133 e. The Kier molecular flexibility index (Phi) is 40.8. The molecule has 0 saturated heterocycles. The highest BCUT2D eigenvalue weighted by atomic mass is 31.0. The number of fused-ring (bicyclic) bond motifs is 1. The lowest BCUT2D eigenvalue weighted by Crippen LogP contribution is -2.41. The molecule has 1 saturated carbocycles.